The van der Waals surface area contributed by atoms with Gasteiger partial charge in [-0.3, -0.25) is 9.35 Å². The van der Waals surface area contributed by atoms with Gasteiger partial charge in [0, 0.05) is 0 Å². The molecule has 0 aliphatic heterocycles. The highest BCUT2D eigenvalue weighted by Gasteiger charge is 2.11. The smallest absolute Gasteiger partial charge is 0.320 e. The lowest BCUT2D eigenvalue weighted by Crippen LogP contribution is -2.32. The fourth-order valence-electron chi connectivity index (χ4n) is 1.80. The summed E-state index contributed by atoms with van der Waals surface area (Å²) in [6, 6.07) is 14.8. The highest BCUT2D eigenvalue weighted by molar-refractivity contribution is 7.85. The summed E-state index contributed by atoms with van der Waals surface area (Å²) in [7, 11) is -4.03. The Hall–Kier alpha value is -2.22. The molecule has 0 spiro atoms. The zero-order valence-corrected chi connectivity index (χ0v) is 13.4. The van der Waals surface area contributed by atoms with Gasteiger partial charge >= 0.3 is 5.97 Å². The van der Waals surface area contributed by atoms with Crippen LogP contribution < -0.4 is 5.73 Å². The number of hydrogen-bond acceptors (Lipinski definition) is 4. The van der Waals surface area contributed by atoms with Crippen molar-refractivity contribution in [2.75, 3.05) is 0 Å². The molecule has 0 saturated carbocycles. The van der Waals surface area contributed by atoms with Crippen molar-refractivity contribution in [1.82, 2.24) is 0 Å². The standard InChI is InChI=1S/C9H11NO2.C7H8O3S/c10-8(9(11)12)6-7-4-2-1-3-5-7;1-6-4-2-3-5-7(6)11(8,9)10/h1-5,8H,6,10H2,(H,11,12);2-5H,1H3,(H,8,9,10). The highest BCUT2D eigenvalue weighted by atomic mass is 32.2. The number of nitrogens with two attached hydrogens (primary N) is 1. The average Bonchev–Trinajstić information content (AvgIpc) is 2.48. The maximum absolute atomic E-state index is 10.6. The van der Waals surface area contributed by atoms with Gasteiger partial charge in [-0.25, -0.2) is 0 Å². The second-order valence-corrected chi connectivity index (χ2v) is 6.26. The third-order valence-corrected chi connectivity index (χ3v) is 4.00. The molecule has 0 aliphatic rings. The van der Waals surface area contributed by atoms with E-state index in [0.29, 0.717) is 12.0 Å². The van der Waals surface area contributed by atoms with E-state index in [2.05, 4.69) is 0 Å². The number of carboxylic acid groups (broad SMARTS) is 1. The molecule has 4 N–H and O–H groups in total. The van der Waals surface area contributed by atoms with Crippen LogP contribution in [0.25, 0.3) is 0 Å². The van der Waals surface area contributed by atoms with Gasteiger partial charge in [0.1, 0.15) is 6.04 Å². The normalized spacial score (nSPS) is 12.0. The van der Waals surface area contributed by atoms with Gasteiger partial charge in [0.15, 0.2) is 0 Å². The maximum atomic E-state index is 10.6. The molecule has 0 saturated heterocycles. The van der Waals surface area contributed by atoms with Crippen LogP contribution in [0.5, 0.6) is 0 Å². The number of carbonyl (C=O) groups is 1. The topological polar surface area (TPSA) is 118 Å². The fourth-order valence-corrected chi connectivity index (χ4v) is 2.53. The Kier molecular flexibility index (Phi) is 6.89. The summed E-state index contributed by atoms with van der Waals surface area (Å²) in [5, 5.41) is 8.52. The van der Waals surface area contributed by atoms with E-state index in [1.165, 1.54) is 6.07 Å². The molecule has 0 aliphatic carbocycles. The van der Waals surface area contributed by atoms with Crippen LogP contribution in [0.2, 0.25) is 0 Å². The molecule has 0 bridgehead atoms. The predicted octanol–water partition coefficient (Wildman–Crippen LogP) is 1.88. The molecule has 0 amide bonds. The average molecular weight is 337 g/mol. The monoisotopic (exact) mass is 337 g/mol. The zero-order chi connectivity index (χ0) is 17.5. The lowest BCUT2D eigenvalue weighted by molar-refractivity contribution is -0.138. The van der Waals surface area contributed by atoms with Gasteiger partial charge in [-0.05, 0) is 30.5 Å². The van der Waals surface area contributed by atoms with Crippen LogP contribution >= 0.6 is 0 Å². The van der Waals surface area contributed by atoms with Gasteiger partial charge in [0.2, 0.25) is 0 Å². The first-order valence-electron chi connectivity index (χ1n) is 6.77. The van der Waals surface area contributed by atoms with Crippen molar-refractivity contribution >= 4 is 16.1 Å². The van der Waals surface area contributed by atoms with E-state index in [1.54, 1.807) is 25.1 Å². The Balaban J connectivity index is 0.000000231. The number of benzene rings is 2. The molecule has 0 radical (unpaired) electrons. The molecule has 0 aromatic heterocycles. The Morgan fingerprint density at radius 1 is 1.09 bits per heavy atom. The molecule has 7 heteroatoms. The summed E-state index contributed by atoms with van der Waals surface area (Å²) in [4.78, 5) is 10.4. The van der Waals surface area contributed by atoms with E-state index >= 15 is 0 Å². The third-order valence-electron chi connectivity index (χ3n) is 2.99. The van der Waals surface area contributed by atoms with Crippen molar-refractivity contribution in [3.8, 4) is 0 Å². The molecule has 2 aromatic carbocycles. The Bertz CT molecular complexity index is 744. The number of aryl methyl sites for hydroxylation is 1. The van der Waals surface area contributed by atoms with Gasteiger partial charge in [-0.15, -0.1) is 0 Å². The second-order valence-electron chi connectivity index (χ2n) is 4.88. The van der Waals surface area contributed by atoms with Gasteiger partial charge in [-0.1, -0.05) is 48.5 Å². The van der Waals surface area contributed by atoms with Crippen molar-refractivity contribution < 1.29 is 22.9 Å². The molecule has 2 rings (SSSR count). The quantitative estimate of drug-likeness (QED) is 0.733. The first-order valence-corrected chi connectivity index (χ1v) is 8.21. The van der Waals surface area contributed by atoms with Crippen molar-refractivity contribution in [3.05, 3.63) is 65.7 Å². The van der Waals surface area contributed by atoms with E-state index in [0.717, 1.165) is 5.56 Å². The van der Waals surface area contributed by atoms with Crippen LogP contribution in [0, 0.1) is 6.92 Å². The lowest BCUT2D eigenvalue weighted by Gasteiger charge is -2.04. The Morgan fingerprint density at radius 2 is 1.61 bits per heavy atom. The summed E-state index contributed by atoms with van der Waals surface area (Å²) in [6.07, 6.45) is 0.385. The van der Waals surface area contributed by atoms with Gasteiger partial charge in [0.05, 0.1) is 4.90 Å². The minimum absolute atomic E-state index is 0.0278. The second kappa shape index (κ2) is 8.42. The number of hydrogen-bond donors (Lipinski definition) is 3. The van der Waals surface area contributed by atoms with Crippen molar-refractivity contribution in [1.29, 1.82) is 0 Å². The summed E-state index contributed by atoms with van der Waals surface area (Å²) < 4.78 is 29.9. The number of aliphatic carboxylic acids is 1. The SMILES string of the molecule is Cc1ccccc1S(=O)(=O)O.NC(Cc1ccccc1)C(=O)O. The van der Waals surface area contributed by atoms with Crippen molar-refractivity contribution in [2.45, 2.75) is 24.3 Å². The van der Waals surface area contributed by atoms with E-state index in [4.69, 9.17) is 15.4 Å². The largest absolute Gasteiger partial charge is 0.480 e. The van der Waals surface area contributed by atoms with Crippen LogP contribution in [0.15, 0.2) is 59.5 Å². The molecule has 0 fully saturated rings. The molecular formula is C16H19NO5S. The first-order chi connectivity index (χ1) is 10.7. The van der Waals surface area contributed by atoms with Crippen LogP contribution in [-0.4, -0.2) is 30.1 Å². The minimum atomic E-state index is -4.03. The molecule has 23 heavy (non-hydrogen) atoms. The number of rotatable bonds is 4. The maximum Gasteiger partial charge on any atom is 0.320 e. The summed E-state index contributed by atoms with van der Waals surface area (Å²) in [5.74, 6) is -0.959. The lowest BCUT2D eigenvalue weighted by atomic mass is 10.1. The molecular weight excluding hydrogens is 318 g/mol. The van der Waals surface area contributed by atoms with Gasteiger partial charge in [0.25, 0.3) is 10.1 Å². The van der Waals surface area contributed by atoms with E-state index in [-0.39, 0.29) is 4.90 Å². The molecule has 6 nitrogen and oxygen atoms in total. The fraction of sp³-hybridized carbons (Fsp3) is 0.188. The van der Waals surface area contributed by atoms with E-state index in [9.17, 15) is 13.2 Å². The highest BCUT2D eigenvalue weighted by Crippen LogP contribution is 2.12. The molecule has 1 unspecified atom stereocenters. The Labute approximate surface area is 135 Å². The zero-order valence-electron chi connectivity index (χ0n) is 12.6. The molecule has 124 valence electrons. The summed E-state index contributed by atoms with van der Waals surface area (Å²) >= 11 is 0. The van der Waals surface area contributed by atoms with E-state index in [1.807, 2.05) is 30.3 Å². The van der Waals surface area contributed by atoms with Crippen molar-refractivity contribution in [2.24, 2.45) is 5.73 Å². The van der Waals surface area contributed by atoms with Crippen molar-refractivity contribution in [3.63, 3.8) is 0 Å². The first kappa shape index (κ1) is 18.8. The van der Waals surface area contributed by atoms with Crippen LogP contribution in [-0.2, 0) is 21.3 Å². The minimum Gasteiger partial charge on any atom is -0.480 e. The van der Waals surface area contributed by atoms with Gasteiger partial charge in [-0.2, -0.15) is 8.42 Å². The van der Waals surface area contributed by atoms with E-state index < -0.39 is 22.1 Å². The van der Waals surface area contributed by atoms with Crippen LogP contribution in [0.4, 0.5) is 0 Å². The molecule has 2 aromatic rings. The number of carboxylic acids is 1. The third kappa shape index (κ3) is 6.60. The molecule has 1 atom stereocenters. The molecule has 0 heterocycles. The summed E-state index contributed by atoms with van der Waals surface area (Å²) in [5.41, 5.74) is 6.85. The van der Waals surface area contributed by atoms with Gasteiger partial charge < -0.3 is 10.8 Å². The van der Waals surface area contributed by atoms with Crippen LogP contribution in [0.3, 0.4) is 0 Å². The predicted molar refractivity (Wildman–Crippen MR) is 86.8 cm³/mol. The summed E-state index contributed by atoms with van der Waals surface area (Å²) in [6.45, 7) is 1.63. The Morgan fingerprint density at radius 3 is 2.04 bits per heavy atom. The van der Waals surface area contributed by atoms with Crippen LogP contribution in [0.1, 0.15) is 11.1 Å².